The fourth-order valence-corrected chi connectivity index (χ4v) is 2.21. The Labute approximate surface area is 121 Å². The highest BCUT2D eigenvalue weighted by atomic mass is 79.9. The third-order valence-electron chi connectivity index (χ3n) is 2.65. The summed E-state index contributed by atoms with van der Waals surface area (Å²) in [5.74, 6) is 0.626. The molecule has 1 aromatic carbocycles. The second-order valence-corrected chi connectivity index (χ2v) is 5.53. The maximum atomic E-state index is 11.0. The van der Waals surface area contributed by atoms with Crippen LogP contribution >= 0.6 is 15.9 Å². The number of methoxy groups -OCH3 is 1. The molecule has 0 heterocycles. The van der Waals surface area contributed by atoms with Crippen molar-refractivity contribution < 1.29 is 19.4 Å². The van der Waals surface area contributed by atoms with E-state index < -0.39 is 5.97 Å². The molecule has 1 aromatic rings. The molecule has 5 heteroatoms. The second kappa shape index (κ2) is 7.38. The van der Waals surface area contributed by atoms with Gasteiger partial charge in [0.05, 0.1) is 23.8 Å². The zero-order valence-corrected chi connectivity index (χ0v) is 13.0. The van der Waals surface area contributed by atoms with Gasteiger partial charge >= 0.3 is 5.97 Å². The summed E-state index contributed by atoms with van der Waals surface area (Å²) in [6, 6.07) is 2.98. The van der Waals surface area contributed by atoms with Gasteiger partial charge in [-0.2, -0.15) is 0 Å². The molecule has 106 valence electrons. The van der Waals surface area contributed by atoms with Crippen molar-refractivity contribution in [3.63, 3.8) is 0 Å². The molecular formula is C14H19BrO4. The predicted molar refractivity (Wildman–Crippen MR) is 77.2 cm³/mol. The molecule has 0 amide bonds. The summed E-state index contributed by atoms with van der Waals surface area (Å²) >= 11 is 3.32. The Morgan fingerprint density at radius 3 is 2.63 bits per heavy atom. The normalized spacial score (nSPS) is 10.6. The van der Waals surface area contributed by atoms with E-state index in [4.69, 9.17) is 14.6 Å². The van der Waals surface area contributed by atoms with Gasteiger partial charge in [0, 0.05) is 0 Å². The molecule has 1 rings (SSSR count). The van der Waals surface area contributed by atoms with Crippen molar-refractivity contribution in [1.29, 1.82) is 0 Å². The molecule has 0 aliphatic heterocycles. The zero-order valence-electron chi connectivity index (χ0n) is 11.4. The number of carbonyl (C=O) groups is 1. The number of carboxylic acid groups (broad SMARTS) is 1. The largest absolute Gasteiger partial charge is 0.493 e. The molecule has 19 heavy (non-hydrogen) atoms. The summed E-state index contributed by atoms with van der Waals surface area (Å²) in [6.07, 6.45) is 2.04. The molecule has 1 N–H and O–H groups in total. The first-order valence-electron chi connectivity index (χ1n) is 6.19. The second-order valence-electron chi connectivity index (χ2n) is 4.68. The number of carboxylic acids is 1. The number of benzene rings is 1. The molecule has 0 bridgehead atoms. The Hall–Kier alpha value is -1.23. The van der Waals surface area contributed by atoms with Crippen molar-refractivity contribution in [1.82, 2.24) is 0 Å². The van der Waals surface area contributed by atoms with E-state index in [9.17, 15) is 4.79 Å². The van der Waals surface area contributed by atoms with Crippen LogP contribution in [0.4, 0.5) is 0 Å². The van der Waals surface area contributed by atoms with Crippen LogP contribution in [0.25, 0.3) is 0 Å². The third kappa shape index (κ3) is 4.74. The number of aromatic carboxylic acids is 1. The Bertz CT molecular complexity index is 443. The van der Waals surface area contributed by atoms with E-state index >= 15 is 0 Å². The number of hydrogen-bond donors (Lipinski definition) is 1. The molecular weight excluding hydrogens is 312 g/mol. The van der Waals surface area contributed by atoms with Crippen molar-refractivity contribution in [3.8, 4) is 11.5 Å². The first-order chi connectivity index (χ1) is 8.95. The first kappa shape index (κ1) is 15.8. The lowest BCUT2D eigenvalue weighted by Gasteiger charge is -2.13. The highest BCUT2D eigenvalue weighted by molar-refractivity contribution is 9.10. The van der Waals surface area contributed by atoms with Crippen LogP contribution in [0.3, 0.4) is 0 Å². The van der Waals surface area contributed by atoms with E-state index in [1.807, 2.05) is 0 Å². The summed E-state index contributed by atoms with van der Waals surface area (Å²) in [5, 5.41) is 8.98. The van der Waals surface area contributed by atoms with Gasteiger partial charge in [-0.1, -0.05) is 13.8 Å². The zero-order chi connectivity index (χ0) is 14.4. The van der Waals surface area contributed by atoms with Crippen molar-refractivity contribution in [2.24, 2.45) is 5.92 Å². The lowest BCUT2D eigenvalue weighted by molar-refractivity contribution is 0.0696. The van der Waals surface area contributed by atoms with E-state index in [1.165, 1.54) is 19.2 Å². The van der Waals surface area contributed by atoms with E-state index in [2.05, 4.69) is 29.8 Å². The maximum Gasteiger partial charge on any atom is 0.335 e. The maximum absolute atomic E-state index is 11.0. The molecule has 0 radical (unpaired) electrons. The van der Waals surface area contributed by atoms with Crippen LogP contribution < -0.4 is 9.47 Å². The van der Waals surface area contributed by atoms with Crippen molar-refractivity contribution in [3.05, 3.63) is 22.2 Å². The fourth-order valence-electron chi connectivity index (χ4n) is 1.65. The summed E-state index contributed by atoms with van der Waals surface area (Å²) in [4.78, 5) is 11.0. The van der Waals surface area contributed by atoms with E-state index in [1.54, 1.807) is 0 Å². The van der Waals surface area contributed by atoms with Gasteiger partial charge in [0.15, 0.2) is 11.5 Å². The van der Waals surface area contributed by atoms with Crippen LogP contribution in [0.5, 0.6) is 11.5 Å². The van der Waals surface area contributed by atoms with Crippen LogP contribution in [-0.4, -0.2) is 24.8 Å². The molecule has 4 nitrogen and oxygen atoms in total. The molecule has 0 saturated carbocycles. The third-order valence-corrected chi connectivity index (χ3v) is 3.24. The van der Waals surface area contributed by atoms with Crippen LogP contribution in [-0.2, 0) is 0 Å². The van der Waals surface area contributed by atoms with E-state index in [-0.39, 0.29) is 5.56 Å². The van der Waals surface area contributed by atoms with Gasteiger partial charge < -0.3 is 14.6 Å². The highest BCUT2D eigenvalue weighted by Crippen LogP contribution is 2.36. The minimum atomic E-state index is -0.995. The van der Waals surface area contributed by atoms with Crippen LogP contribution in [0.2, 0.25) is 0 Å². The van der Waals surface area contributed by atoms with E-state index in [0.717, 1.165) is 12.8 Å². The average Bonchev–Trinajstić information content (AvgIpc) is 2.34. The lowest BCUT2D eigenvalue weighted by Crippen LogP contribution is -2.04. The topological polar surface area (TPSA) is 55.8 Å². The summed E-state index contributed by atoms with van der Waals surface area (Å²) in [5.41, 5.74) is 0.165. The van der Waals surface area contributed by atoms with Crippen LogP contribution in [0.15, 0.2) is 16.6 Å². The standard InChI is InChI=1S/C14H19BrO4/c1-9(2)5-4-6-19-13-11(15)7-10(14(16)17)8-12(13)18-3/h7-9H,4-6H2,1-3H3,(H,16,17). The monoisotopic (exact) mass is 330 g/mol. The van der Waals surface area contributed by atoms with Gasteiger partial charge in [0.25, 0.3) is 0 Å². The van der Waals surface area contributed by atoms with Gasteiger partial charge in [-0.25, -0.2) is 4.79 Å². The predicted octanol–water partition coefficient (Wildman–Crippen LogP) is 3.97. The van der Waals surface area contributed by atoms with Gasteiger partial charge in [-0.3, -0.25) is 0 Å². The molecule has 0 aromatic heterocycles. The van der Waals surface area contributed by atoms with Gasteiger partial charge in [-0.15, -0.1) is 0 Å². The van der Waals surface area contributed by atoms with Crippen molar-refractivity contribution in [2.45, 2.75) is 26.7 Å². The van der Waals surface area contributed by atoms with Crippen LogP contribution in [0.1, 0.15) is 37.0 Å². The highest BCUT2D eigenvalue weighted by Gasteiger charge is 2.14. The molecule has 0 saturated heterocycles. The Morgan fingerprint density at radius 2 is 2.11 bits per heavy atom. The number of halogens is 1. The van der Waals surface area contributed by atoms with Crippen LogP contribution in [0, 0.1) is 5.92 Å². The lowest BCUT2D eigenvalue weighted by atomic mass is 10.1. The fraction of sp³-hybridized carbons (Fsp3) is 0.500. The summed E-state index contributed by atoms with van der Waals surface area (Å²) in [7, 11) is 1.49. The first-order valence-corrected chi connectivity index (χ1v) is 6.98. The molecule has 0 fully saturated rings. The number of rotatable bonds is 7. The Kier molecular flexibility index (Phi) is 6.15. The van der Waals surface area contributed by atoms with Crippen molar-refractivity contribution in [2.75, 3.05) is 13.7 Å². The molecule has 0 unspecified atom stereocenters. The summed E-state index contributed by atoms with van der Waals surface area (Å²) < 4.78 is 11.4. The quantitative estimate of drug-likeness (QED) is 0.768. The minimum absolute atomic E-state index is 0.165. The minimum Gasteiger partial charge on any atom is -0.493 e. The molecule has 0 aliphatic carbocycles. The number of ether oxygens (including phenoxy) is 2. The average molecular weight is 331 g/mol. The molecule has 0 atom stereocenters. The smallest absolute Gasteiger partial charge is 0.335 e. The van der Waals surface area contributed by atoms with Gasteiger partial charge in [0.2, 0.25) is 0 Å². The SMILES string of the molecule is COc1cc(C(=O)O)cc(Br)c1OCCCC(C)C. The Balaban J connectivity index is 2.79. The van der Waals surface area contributed by atoms with Gasteiger partial charge in [-0.05, 0) is 46.8 Å². The number of hydrogen-bond acceptors (Lipinski definition) is 3. The van der Waals surface area contributed by atoms with Gasteiger partial charge in [0.1, 0.15) is 0 Å². The summed E-state index contributed by atoms with van der Waals surface area (Å²) in [6.45, 7) is 4.91. The van der Waals surface area contributed by atoms with Crippen molar-refractivity contribution >= 4 is 21.9 Å². The Morgan fingerprint density at radius 1 is 1.42 bits per heavy atom. The molecule has 0 spiro atoms. The molecule has 0 aliphatic rings. The van der Waals surface area contributed by atoms with E-state index in [0.29, 0.717) is 28.5 Å².